The third-order valence-electron chi connectivity index (χ3n) is 4.30. The number of urea groups is 1. The van der Waals surface area contributed by atoms with E-state index in [0.29, 0.717) is 12.0 Å². The minimum absolute atomic E-state index is 0.0707. The van der Waals surface area contributed by atoms with E-state index in [1.54, 1.807) is 19.3 Å². The number of non-ortho nitro benzene ring substituents is 1. The van der Waals surface area contributed by atoms with Crippen LogP contribution in [-0.4, -0.2) is 33.3 Å². The highest BCUT2D eigenvalue weighted by atomic mass is 16.6. The third kappa shape index (κ3) is 3.06. The summed E-state index contributed by atoms with van der Waals surface area (Å²) in [4.78, 5) is 40.4. The number of rotatable bonds is 5. The summed E-state index contributed by atoms with van der Waals surface area (Å²) < 4.78 is 0. The van der Waals surface area contributed by atoms with E-state index < -0.39 is 16.5 Å². The summed E-state index contributed by atoms with van der Waals surface area (Å²) in [5, 5.41) is 13.4. The minimum atomic E-state index is -1.23. The van der Waals surface area contributed by atoms with Gasteiger partial charge in [-0.15, -0.1) is 0 Å². The van der Waals surface area contributed by atoms with Crippen LogP contribution in [0.5, 0.6) is 0 Å². The predicted molar refractivity (Wildman–Crippen MR) is 88.6 cm³/mol. The molecule has 3 rings (SSSR count). The van der Waals surface area contributed by atoms with E-state index >= 15 is 0 Å². The molecule has 0 saturated carbocycles. The molecule has 0 radical (unpaired) electrons. The molecule has 25 heavy (non-hydrogen) atoms. The maximum atomic E-state index is 12.8. The number of nitrogens with zero attached hydrogens (tertiary/aromatic N) is 3. The van der Waals surface area contributed by atoms with Gasteiger partial charge in [-0.25, -0.2) is 4.79 Å². The van der Waals surface area contributed by atoms with Gasteiger partial charge in [0.25, 0.3) is 11.6 Å². The second-order valence-corrected chi connectivity index (χ2v) is 5.92. The zero-order valence-corrected chi connectivity index (χ0v) is 13.5. The van der Waals surface area contributed by atoms with Crippen molar-refractivity contribution < 1.29 is 14.5 Å². The van der Waals surface area contributed by atoms with E-state index in [1.165, 1.54) is 29.2 Å². The molecule has 1 aromatic carbocycles. The largest absolute Gasteiger partial charge is 0.325 e. The molecule has 0 spiro atoms. The molecular weight excluding hydrogens is 324 g/mol. The van der Waals surface area contributed by atoms with Gasteiger partial charge in [0.05, 0.1) is 4.92 Å². The fourth-order valence-electron chi connectivity index (χ4n) is 2.80. The Hall–Kier alpha value is -3.29. The minimum Gasteiger partial charge on any atom is -0.319 e. The number of hydrogen-bond donors (Lipinski definition) is 1. The fourth-order valence-corrected chi connectivity index (χ4v) is 2.80. The van der Waals surface area contributed by atoms with Crippen molar-refractivity contribution in [2.75, 3.05) is 6.54 Å². The van der Waals surface area contributed by atoms with Crippen LogP contribution in [0.2, 0.25) is 0 Å². The highest BCUT2D eigenvalue weighted by Gasteiger charge is 2.48. The number of pyridine rings is 1. The number of carbonyl (C=O) groups is 2. The van der Waals surface area contributed by atoms with Crippen molar-refractivity contribution in [3.63, 3.8) is 0 Å². The van der Waals surface area contributed by atoms with Gasteiger partial charge < -0.3 is 5.32 Å². The second kappa shape index (κ2) is 6.31. The van der Waals surface area contributed by atoms with Crippen LogP contribution in [0.25, 0.3) is 0 Å². The van der Waals surface area contributed by atoms with Crippen molar-refractivity contribution in [3.8, 4) is 0 Å². The van der Waals surface area contributed by atoms with E-state index in [9.17, 15) is 19.7 Å². The Morgan fingerprint density at radius 3 is 2.40 bits per heavy atom. The van der Waals surface area contributed by atoms with E-state index in [0.717, 1.165) is 5.56 Å². The Bertz CT molecular complexity index is 822. The normalized spacial score (nSPS) is 19.8. The third-order valence-corrected chi connectivity index (χ3v) is 4.30. The zero-order chi connectivity index (χ0) is 18.0. The molecule has 3 amide bonds. The monoisotopic (exact) mass is 340 g/mol. The number of aromatic nitrogens is 1. The van der Waals surface area contributed by atoms with Crippen LogP contribution in [0.4, 0.5) is 10.5 Å². The Labute approximate surface area is 143 Å². The number of benzene rings is 1. The summed E-state index contributed by atoms with van der Waals surface area (Å²) in [5.41, 5.74) is 0.172. The molecule has 1 unspecified atom stereocenters. The first-order chi connectivity index (χ1) is 11.9. The van der Waals surface area contributed by atoms with Gasteiger partial charge in [-0.05, 0) is 48.7 Å². The molecule has 1 aliphatic rings. The SMILES string of the molecule is CC1(c2ccc([N+](=O)[O-])cc2)NC(=O)N(CCc2ccncc2)C1=O. The van der Waals surface area contributed by atoms with Crippen LogP contribution in [0.3, 0.4) is 0 Å². The summed E-state index contributed by atoms with van der Waals surface area (Å²) in [6, 6.07) is 8.80. The van der Waals surface area contributed by atoms with E-state index in [1.807, 2.05) is 12.1 Å². The Morgan fingerprint density at radius 1 is 1.16 bits per heavy atom. The first kappa shape index (κ1) is 16.6. The average molecular weight is 340 g/mol. The number of imide groups is 1. The van der Waals surface area contributed by atoms with Gasteiger partial charge in [-0.1, -0.05) is 0 Å². The van der Waals surface area contributed by atoms with Gasteiger partial charge in [0.1, 0.15) is 5.54 Å². The van der Waals surface area contributed by atoms with Gasteiger partial charge in [0.15, 0.2) is 0 Å². The molecule has 1 N–H and O–H groups in total. The fraction of sp³-hybridized carbons (Fsp3) is 0.235. The number of nitro benzene ring substituents is 1. The number of nitro groups is 1. The highest BCUT2D eigenvalue weighted by Crippen LogP contribution is 2.30. The van der Waals surface area contributed by atoms with Crippen LogP contribution in [0.15, 0.2) is 48.8 Å². The lowest BCUT2D eigenvalue weighted by Crippen LogP contribution is -2.41. The molecule has 1 aromatic heterocycles. The molecule has 1 aliphatic heterocycles. The summed E-state index contributed by atoms with van der Waals surface area (Å²) >= 11 is 0. The highest BCUT2D eigenvalue weighted by molar-refractivity contribution is 6.07. The lowest BCUT2D eigenvalue weighted by molar-refractivity contribution is -0.384. The van der Waals surface area contributed by atoms with Gasteiger partial charge >= 0.3 is 6.03 Å². The van der Waals surface area contributed by atoms with Crippen LogP contribution in [0, 0.1) is 10.1 Å². The predicted octanol–water partition coefficient (Wildman–Crippen LogP) is 2.00. The standard InChI is InChI=1S/C17H16N4O4/c1-17(13-2-4-14(5-3-13)21(24)25)15(22)20(16(23)19-17)11-8-12-6-9-18-10-7-12/h2-7,9-10H,8,11H2,1H3,(H,19,23). The van der Waals surface area contributed by atoms with Crippen molar-refractivity contribution in [2.24, 2.45) is 0 Å². The molecule has 128 valence electrons. The number of amides is 3. The van der Waals surface area contributed by atoms with E-state index in [2.05, 4.69) is 10.3 Å². The maximum Gasteiger partial charge on any atom is 0.325 e. The molecule has 0 bridgehead atoms. The smallest absolute Gasteiger partial charge is 0.319 e. The number of nitrogens with one attached hydrogen (secondary N) is 1. The van der Waals surface area contributed by atoms with Crippen molar-refractivity contribution in [3.05, 3.63) is 70.0 Å². The molecule has 1 saturated heterocycles. The average Bonchev–Trinajstić information content (AvgIpc) is 2.84. The summed E-state index contributed by atoms with van der Waals surface area (Å²) in [6.07, 6.45) is 3.84. The topological polar surface area (TPSA) is 105 Å². The Morgan fingerprint density at radius 2 is 1.80 bits per heavy atom. The van der Waals surface area contributed by atoms with Crippen LogP contribution in [0.1, 0.15) is 18.1 Å². The quantitative estimate of drug-likeness (QED) is 0.509. The Balaban J connectivity index is 1.78. The summed E-state index contributed by atoms with van der Waals surface area (Å²) in [5.74, 6) is -0.375. The molecule has 8 heteroatoms. The van der Waals surface area contributed by atoms with E-state index in [-0.39, 0.29) is 18.1 Å². The first-order valence-corrected chi connectivity index (χ1v) is 7.70. The lowest BCUT2D eigenvalue weighted by Gasteiger charge is -2.22. The van der Waals surface area contributed by atoms with Gasteiger partial charge in [-0.3, -0.25) is 24.8 Å². The van der Waals surface area contributed by atoms with Crippen LogP contribution >= 0.6 is 0 Å². The zero-order valence-electron chi connectivity index (χ0n) is 13.5. The second-order valence-electron chi connectivity index (χ2n) is 5.92. The number of carbonyl (C=O) groups excluding carboxylic acids is 2. The lowest BCUT2D eigenvalue weighted by atomic mass is 9.92. The first-order valence-electron chi connectivity index (χ1n) is 7.70. The maximum absolute atomic E-state index is 12.8. The van der Waals surface area contributed by atoms with Gasteiger partial charge in [-0.2, -0.15) is 0 Å². The van der Waals surface area contributed by atoms with E-state index in [4.69, 9.17) is 0 Å². The molecule has 0 aliphatic carbocycles. The van der Waals surface area contributed by atoms with Crippen molar-refractivity contribution in [2.45, 2.75) is 18.9 Å². The summed E-state index contributed by atoms with van der Waals surface area (Å²) in [7, 11) is 0. The van der Waals surface area contributed by atoms with Crippen molar-refractivity contribution in [1.82, 2.24) is 15.2 Å². The number of hydrogen-bond acceptors (Lipinski definition) is 5. The van der Waals surface area contributed by atoms with Gasteiger partial charge in [0, 0.05) is 31.1 Å². The van der Waals surface area contributed by atoms with Crippen molar-refractivity contribution in [1.29, 1.82) is 0 Å². The molecular formula is C17H16N4O4. The summed E-state index contributed by atoms with van der Waals surface area (Å²) in [6.45, 7) is 1.85. The molecule has 8 nitrogen and oxygen atoms in total. The Kier molecular flexibility index (Phi) is 4.18. The van der Waals surface area contributed by atoms with Crippen LogP contribution < -0.4 is 5.32 Å². The molecule has 1 atom stereocenters. The molecule has 2 aromatic rings. The van der Waals surface area contributed by atoms with Gasteiger partial charge in [0.2, 0.25) is 0 Å². The van der Waals surface area contributed by atoms with Crippen molar-refractivity contribution >= 4 is 17.6 Å². The molecule has 2 heterocycles. The molecule has 1 fully saturated rings. The van der Waals surface area contributed by atoms with Crippen LogP contribution in [-0.2, 0) is 16.8 Å².